The number of pyridine rings is 1. The fraction of sp³-hybridized carbons (Fsp3) is 0.308. The molecule has 0 fully saturated rings. The molecule has 0 aliphatic carbocycles. The predicted octanol–water partition coefficient (Wildman–Crippen LogP) is 2.39. The van der Waals surface area contributed by atoms with E-state index >= 15 is 0 Å². The van der Waals surface area contributed by atoms with Crippen LogP contribution in [-0.4, -0.2) is 18.6 Å². The van der Waals surface area contributed by atoms with Gasteiger partial charge in [0.05, 0.1) is 5.52 Å². The minimum atomic E-state index is 1.05. The molecule has 0 saturated heterocycles. The second-order valence-corrected chi connectivity index (χ2v) is 3.70. The third-order valence-corrected chi connectivity index (χ3v) is 2.52. The van der Waals surface area contributed by atoms with Crippen molar-refractivity contribution in [3.63, 3.8) is 0 Å². The maximum Gasteiger partial charge on any atom is 0.0705 e. The molecule has 0 unspecified atom stereocenters. The summed E-state index contributed by atoms with van der Waals surface area (Å²) in [6.45, 7) is 1.05. The zero-order valence-corrected chi connectivity index (χ0v) is 9.03. The number of aryl methyl sites for hydroxylation is 1. The molecule has 0 spiro atoms. The van der Waals surface area contributed by atoms with Crippen LogP contribution in [0.4, 0.5) is 0 Å². The maximum atomic E-state index is 4.62. The zero-order valence-electron chi connectivity index (χ0n) is 9.03. The van der Waals surface area contributed by atoms with Crippen LogP contribution in [0.2, 0.25) is 0 Å². The van der Waals surface area contributed by atoms with Crippen molar-refractivity contribution in [2.45, 2.75) is 12.8 Å². The van der Waals surface area contributed by atoms with E-state index in [1.54, 1.807) is 0 Å². The van der Waals surface area contributed by atoms with Crippen LogP contribution in [0.25, 0.3) is 10.9 Å². The van der Waals surface area contributed by atoms with Gasteiger partial charge >= 0.3 is 0 Å². The molecular formula is C13H16N2. The highest BCUT2D eigenvalue weighted by Crippen LogP contribution is 2.12. The van der Waals surface area contributed by atoms with Crippen molar-refractivity contribution in [2.24, 2.45) is 0 Å². The van der Waals surface area contributed by atoms with E-state index in [0.717, 1.165) is 24.9 Å². The van der Waals surface area contributed by atoms with Crippen molar-refractivity contribution in [3.8, 4) is 0 Å². The summed E-state index contributed by atoms with van der Waals surface area (Å²) in [5.41, 5.74) is 2.28. The summed E-state index contributed by atoms with van der Waals surface area (Å²) in [6, 6.07) is 12.5. The van der Waals surface area contributed by atoms with Gasteiger partial charge in [-0.2, -0.15) is 0 Å². The van der Waals surface area contributed by atoms with Crippen molar-refractivity contribution in [1.82, 2.24) is 10.3 Å². The molecule has 0 aliphatic rings. The van der Waals surface area contributed by atoms with Gasteiger partial charge in [-0.15, -0.1) is 0 Å². The first-order valence-corrected chi connectivity index (χ1v) is 5.39. The molecule has 1 N–H and O–H groups in total. The quantitative estimate of drug-likeness (QED) is 0.766. The van der Waals surface area contributed by atoms with Crippen LogP contribution >= 0.6 is 0 Å². The van der Waals surface area contributed by atoms with Crippen LogP contribution in [0.3, 0.4) is 0 Å². The van der Waals surface area contributed by atoms with Crippen LogP contribution in [0.5, 0.6) is 0 Å². The SMILES string of the molecule is CNCCCc1ccc2ccccc2n1. The van der Waals surface area contributed by atoms with Gasteiger partial charge in [0.25, 0.3) is 0 Å². The predicted molar refractivity (Wildman–Crippen MR) is 64.0 cm³/mol. The van der Waals surface area contributed by atoms with Crippen LogP contribution in [0.1, 0.15) is 12.1 Å². The first kappa shape index (κ1) is 10.1. The second-order valence-electron chi connectivity index (χ2n) is 3.70. The summed E-state index contributed by atoms with van der Waals surface area (Å²) < 4.78 is 0. The Hall–Kier alpha value is -1.41. The Labute approximate surface area is 90.3 Å². The molecule has 1 aromatic carbocycles. The lowest BCUT2D eigenvalue weighted by Gasteiger charge is -2.02. The molecule has 2 rings (SSSR count). The smallest absolute Gasteiger partial charge is 0.0705 e. The molecule has 0 atom stereocenters. The molecule has 1 aromatic heterocycles. The van der Waals surface area contributed by atoms with E-state index in [2.05, 4.69) is 34.6 Å². The lowest BCUT2D eigenvalue weighted by atomic mass is 10.1. The third-order valence-electron chi connectivity index (χ3n) is 2.52. The van der Waals surface area contributed by atoms with Crippen LogP contribution in [0.15, 0.2) is 36.4 Å². The number of fused-ring (bicyclic) bond motifs is 1. The van der Waals surface area contributed by atoms with Crippen molar-refractivity contribution in [3.05, 3.63) is 42.1 Å². The number of nitrogens with one attached hydrogen (secondary N) is 1. The lowest BCUT2D eigenvalue weighted by molar-refractivity contribution is 0.717. The summed E-state index contributed by atoms with van der Waals surface area (Å²) in [5.74, 6) is 0. The number of rotatable bonds is 4. The topological polar surface area (TPSA) is 24.9 Å². The average Bonchev–Trinajstić information content (AvgIpc) is 2.29. The summed E-state index contributed by atoms with van der Waals surface area (Å²) in [5, 5.41) is 4.36. The van der Waals surface area contributed by atoms with Crippen molar-refractivity contribution in [1.29, 1.82) is 0 Å². The Bertz CT molecular complexity index is 437. The monoisotopic (exact) mass is 200 g/mol. The number of nitrogens with zero attached hydrogens (tertiary/aromatic N) is 1. The second kappa shape index (κ2) is 4.89. The highest BCUT2D eigenvalue weighted by atomic mass is 14.8. The van der Waals surface area contributed by atoms with Crippen molar-refractivity contribution >= 4 is 10.9 Å². The fourth-order valence-corrected chi connectivity index (χ4v) is 1.69. The van der Waals surface area contributed by atoms with E-state index in [1.165, 1.54) is 11.1 Å². The first-order valence-electron chi connectivity index (χ1n) is 5.39. The van der Waals surface area contributed by atoms with Gasteiger partial charge in [0, 0.05) is 11.1 Å². The summed E-state index contributed by atoms with van der Waals surface area (Å²) in [7, 11) is 1.98. The van der Waals surface area contributed by atoms with E-state index in [9.17, 15) is 0 Å². The highest BCUT2D eigenvalue weighted by molar-refractivity contribution is 5.78. The molecule has 1 heterocycles. The Morgan fingerprint density at radius 1 is 1.13 bits per heavy atom. The molecule has 0 saturated carbocycles. The zero-order chi connectivity index (χ0) is 10.5. The van der Waals surface area contributed by atoms with Crippen LogP contribution in [0, 0.1) is 0 Å². The Kier molecular flexibility index (Phi) is 3.30. The van der Waals surface area contributed by atoms with Gasteiger partial charge in [0.2, 0.25) is 0 Å². The number of benzene rings is 1. The van der Waals surface area contributed by atoms with Crippen LogP contribution < -0.4 is 5.32 Å². The van der Waals surface area contributed by atoms with Gasteiger partial charge in [-0.25, -0.2) is 0 Å². The van der Waals surface area contributed by atoms with E-state index < -0.39 is 0 Å². The minimum absolute atomic E-state index is 1.05. The van der Waals surface area contributed by atoms with Crippen molar-refractivity contribution in [2.75, 3.05) is 13.6 Å². The third kappa shape index (κ3) is 2.54. The number of aromatic nitrogens is 1. The van der Waals surface area contributed by atoms with Crippen LogP contribution in [-0.2, 0) is 6.42 Å². The van der Waals surface area contributed by atoms with E-state index in [-0.39, 0.29) is 0 Å². The number of para-hydroxylation sites is 1. The molecule has 2 heteroatoms. The minimum Gasteiger partial charge on any atom is -0.320 e. The molecule has 2 nitrogen and oxygen atoms in total. The normalized spacial score (nSPS) is 10.7. The molecule has 0 radical (unpaired) electrons. The Morgan fingerprint density at radius 3 is 2.87 bits per heavy atom. The van der Waals surface area contributed by atoms with Crippen molar-refractivity contribution < 1.29 is 0 Å². The van der Waals surface area contributed by atoms with Gasteiger partial charge in [-0.3, -0.25) is 4.98 Å². The van der Waals surface area contributed by atoms with Gasteiger partial charge in [-0.1, -0.05) is 24.3 Å². The van der Waals surface area contributed by atoms with E-state index in [1.807, 2.05) is 19.2 Å². The summed E-state index contributed by atoms with van der Waals surface area (Å²) in [6.07, 6.45) is 2.19. The van der Waals surface area contributed by atoms with E-state index in [0.29, 0.717) is 0 Å². The molecule has 0 aliphatic heterocycles. The number of hydrogen-bond acceptors (Lipinski definition) is 2. The highest BCUT2D eigenvalue weighted by Gasteiger charge is 1.97. The van der Waals surface area contributed by atoms with E-state index in [4.69, 9.17) is 0 Å². The van der Waals surface area contributed by atoms with Gasteiger partial charge in [0.1, 0.15) is 0 Å². The average molecular weight is 200 g/mol. The summed E-state index contributed by atoms with van der Waals surface area (Å²) >= 11 is 0. The molecular weight excluding hydrogens is 184 g/mol. The first-order chi connectivity index (χ1) is 7.40. The van der Waals surface area contributed by atoms with Gasteiger partial charge in [-0.05, 0) is 38.6 Å². The van der Waals surface area contributed by atoms with Gasteiger partial charge in [0.15, 0.2) is 0 Å². The summed E-state index contributed by atoms with van der Waals surface area (Å²) in [4.78, 5) is 4.62. The maximum absolute atomic E-state index is 4.62. The molecule has 2 aromatic rings. The standard InChI is InChI=1S/C13H16N2/c1-14-10-4-6-12-9-8-11-5-2-3-7-13(11)15-12/h2-3,5,7-9,14H,4,6,10H2,1H3. The Morgan fingerprint density at radius 2 is 2.00 bits per heavy atom. The molecule has 0 bridgehead atoms. The largest absolute Gasteiger partial charge is 0.320 e. The fourth-order valence-electron chi connectivity index (χ4n) is 1.69. The number of hydrogen-bond donors (Lipinski definition) is 1. The van der Waals surface area contributed by atoms with Gasteiger partial charge < -0.3 is 5.32 Å². The molecule has 78 valence electrons. The molecule has 15 heavy (non-hydrogen) atoms. The Balaban J connectivity index is 2.16. The lowest BCUT2D eigenvalue weighted by Crippen LogP contribution is -2.08. The molecule has 0 amide bonds.